The van der Waals surface area contributed by atoms with E-state index in [1.165, 1.54) is 0 Å². The summed E-state index contributed by atoms with van der Waals surface area (Å²) in [6.45, 7) is 7.20. The van der Waals surface area contributed by atoms with Crippen LogP contribution >= 0.6 is 0 Å². The van der Waals surface area contributed by atoms with Crippen LogP contribution in [0.25, 0.3) is 0 Å². The smallest absolute Gasteiger partial charge is 0.328 e. The van der Waals surface area contributed by atoms with Gasteiger partial charge in [0.2, 0.25) is 0 Å². The Morgan fingerprint density at radius 1 is 1.29 bits per heavy atom. The largest absolute Gasteiger partial charge is 0.459 e. The first kappa shape index (κ1) is 18.4. The predicted octanol–water partition coefficient (Wildman–Crippen LogP) is 1.51. The van der Waals surface area contributed by atoms with E-state index in [0.29, 0.717) is 11.1 Å². The topological polar surface area (TPSA) is 93.5 Å². The third-order valence-electron chi connectivity index (χ3n) is 3.84. The SMILES string of the molecule is CC(C)(C)OC(=O)C(N)c1cccc(C(=O)NC2CCNCC2)c1. The molecule has 6 nitrogen and oxygen atoms in total. The molecule has 132 valence electrons. The van der Waals surface area contributed by atoms with Crippen molar-refractivity contribution in [2.75, 3.05) is 13.1 Å². The number of ether oxygens (including phenoxy) is 1. The molecule has 0 radical (unpaired) electrons. The second-order valence-corrected chi connectivity index (χ2v) is 7.13. The Morgan fingerprint density at radius 2 is 1.96 bits per heavy atom. The number of amides is 1. The number of nitrogens with two attached hydrogens (primary N) is 1. The first-order chi connectivity index (χ1) is 11.3. The minimum atomic E-state index is -0.907. The fraction of sp³-hybridized carbons (Fsp3) is 0.556. The molecule has 2 rings (SSSR count). The van der Waals surface area contributed by atoms with Gasteiger partial charge in [-0.15, -0.1) is 0 Å². The third-order valence-corrected chi connectivity index (χ3v) is 3.84. The van der Waals surface area contributed by atoms with E-state index in [1.807, 2.05) is 0 Å². The van der Waals surface area contributed by atoms with Gasteiger partial charge in [0.25, 0.3) is 5.91 Å². The molecule has 1 heterocycles. The van der Waals surface area contributed by atoms with Crippen molar-refractivity contribution in [3.8, 4) is 0 Å². The van der Waals surface area contributed by atoms with Gasteiger partial charge in [-0.05, 0) is 64.4 Å². The zero-order valence-electron chi connectivity index (χ0n) is 14.6. The Kier molecular flexibility index (Phi) is 5.96. The van der Waals surface area contributed by atoms with Crippen LogP contribution in [0.15, 0.2) is 24.3 Å². The van der Waals surface area contributed by atoms with Gasteiger partial charge in [-0.1, -0.05) is 12.1 Å². The standard InChI is InChI=1S/C18H27N3O3/c1-18(2,3)24-17(23)15(19)12-5-4-6-13(11-12)16(22)21-14-7-9-20-10-8-14/h4-6,11,14-15,20H,7-10,19H2,1-3H3,(H,21,22). The highest BCUT2D eigenvalue weighted by Gasteiger charge is 2.24. The summed E-state index contributed by atoms with van der Waals surface area (Å²) in [5.41, 5.74) is 6.46. The number of hydrogen-bond acceptors (Lipinski definition) is 5. The van der Waals surface area contributed by atoms with Crippen LogP contribution in [0.4, 0.5) is 0 Å². The molecule has 1 aliphatic heterocycles. The number of nitrogens with one attached hydrogen (secondary N) is 2. The number of hydrogen-bond donors (Lipinski definition) is 3. The Morgan fingerprint density at radius 3 is 2.58 bits per heavy atom. The molecule has 1 unspecified atom stereocenters. The van der Waals surface area contributed by atoms with Crippen molar-refractivity contribution in [2.45, 2.75) is 51.3 Å². The van der Waals surface area contributed by atoms with E-state index in [2.05, 4.69) is 10.6 Å². The van der Waals surface area contributed by atoms with Crippen LogP contribution in [-0.4, -0.2) is 36.6 Å². The average Bonchev–Trinajstić information content (AvgIpc) is 2.53. The fourth-order valence-electron chi connectivity index (χ4n) is 2.61. The zero-order chi connectivity index (χ0) is 17.7. The van der Waals surface area contributed by atoms with E-state index in [4.69, 9.17) is 10.5 Å². The summed E-state index contributed by atoms with van der Waals surface area (Å²) < 4.78 is 5.30. The van der Waals surface area contributed by atoms with Gasteiger partial charge >= 0.3 is 5.97 Å². The van der Waals surface area contributed by atoms with Crippen LogP contribution in [0.2, 0.25) is 0 Å². The van der Waals surface area contributed by atoms with E-state index in [-0.39, 0.29) is 11.9 Å². The zero-order valence-corrected chi connectivity index (χ0v) is 14.6. The summed E-state index contributed by atoms with van der Waals surface area (Å²) in [4.78, 5) is 24.5. The highest BCUT2D eigenvalue weighted by Crippen LogP contribution is 2.18. The average molecular weight is 333 g/mol. The van der Waals surface area contributed by atoms with Crippen LogP contribution in [-0.2, 0) is 9.53 Å². The Hall–Kier alpha value is -1.92. The van der Waals surface area contributed by atoms with Crippen molar-refractivity contribution in [3.05, 3.63) is 35.4 Å². The summed E-state index contributed by atoms with van der Waals surface area (Å²) in [5.74, 6) is -0.640. The van der Waals surface area contributed by atoms with Gasteiger partial charge in [0.1, 0.15) is 11.6 Å². The van der Waals surface area contributed by atoms with Gasteiger partial charge in [0.05, 0.1) is 0 Å². The lowest BCUT2D eigenvalue weighted by atomic mass is 10.0. The molecule has 1 aromatic rings. The van der Waals surface area contributed by atoms with Gasteiger partial charge in [-0.25, -0.2) is 4.79 Å². The maximum absolute atomic E-state index is 12.4. The minimum absolute atomic E-state index is 0.139. The Labute approximate surface area is 143 Å². The molecule has 1 saturated heterocycles. The lowest BCUT2D eigenvalue weighted by Gasteiger charge is -2.24. The van der Waals surface area contributed by atoms with E-state index in [0.717, 1.165) is 25.9 Å². The number of piperidine rings is 1. The molecule has 1 atom stereocenters. The quantitative estimate of drug-likeness (QED) is 0.726. The van der Waals surface area contributed by atoms with Crippen LogP contribution in [0, 0.1) is 0 Å². The maximum Gasteiger partial charge on any atom is 0.328 e. The van der Waals surface area contributed by atoms with Crippen molar-refractivity contribution in [2.24, 2.45) is 5.73 Å². The third kappa shape index (κ3) is 5.32. The molecule has 1 aliphatic rings. The molecular weight excluding hydrogens is 306 g/mol. The number of benzene rings is 1. The molecule has 0 saturated carbocycles. The summed E-state index contributed by atoms with van der Waals surface area (Å²) >= 11 is 0. The molecule has 0 bridgehead atoms. The van der Waals surface area contributed by atoms with Gasteiger partial charge in [-0.2, -0.15) is 0 Å². The molecule has 4 N–H and O–H groups in total. The normalized spacial score (nSPS) is 17.2. The monoisotopic (exact) mass is 333 g/mol. The summed E-state index contributed by atoms with van der Waals surface area (Å²) in [5, 5.41) is 6.30. The summed E-state index contributed by atoms with van der Waals surface area (Å²) in [7, 11) is 0. The van der Waals surface area contributed by atoms with E-state index < -0.39 is 17.6 Å². The molecule has 0 aromatic heterocycles. The molecule has 1 aromatic carbocycles. The molecule has 1 amide bonds. The molecule has 6 heteroatoms. The van der Waals surface area contributed by atoms with Crippen molar-refractivity contribution in [1.82, 2.24) is 10.6 Å². The molecule has 24 heavy (non-hydrogen) atoms. The number of carbonyl (C=O) groups excluding carboxylic acids is 2. The molecule has 0 aliphatic carbocycles. The number of carbonyl (C=O) groups is 2. The maximum atomic E-state index is 12.4. The molecule has 1 fully saturated rings. The Bertz CT molecular complexity index is 589. The van der Waals surface area contributed by atoms with Crippen molar-refractivity contribution in [1.29, 1.82) is 0 Å². The van der Waals surface area contributed by atoms with Crippen molar-refractivity contribution < 1.29 is 14.3 Å². The number of esters is 1. The lowest BCUT2D eigenvalue weighted by Crippen LogP contribution is -2.42. The van der Waals surface area contributed by atoms with E-state index in [1.54, 1.807) is 45.0 Å². The first-order valence-electron chi connectivity index (χ1n) is 8.36. The highest BCUT2D eigenvalue weighted by atomic mass is 16.6. The van der Waals surface area contributed by atoms with Crippen LogP contribution in [0.3, 0.4) is 0 Å². The Balaban J connectivity index is 2.04. The van der Waals surface area contributed by atoms with E-state index >= 15 is 0 Å². The second-order valence-electron chi connectivity index (χ2n) is 7.13. The van der Waals surface area contributed by atoms with Crippen LogP contribution < -0.4 is 16.4 Å². The van der Waals surface area contributed by atoms with Crippen LogP contribution in [0.1, 0.15) is 55.6 Å². The van der Waals surface area contributed by atoms with E-state index in [9.17, 15) is 9.59 Å². The van der Waals surface area contributed by atoms with Gasteiger partial charge in [0.15, 0.2) is 0 Å². The fourth-order valence-corrected chi connectivity index (χ4v) is 2.61. The lowest BCUT2D eigenvalue weighted by molar-refractivity contribution is -0.156. The first-order valence-corrected chi connectivity index (χ1v) is 8.36. The minimum Gasteiger partial charge on any atom is -0.459 e. The summed E-state index contributed by atoms with van der Waals surface area (Å²) in [6.07, 6.45) is 1.84. The van der Waals surface area contributed by atoms with Crippen LogP contribution in [0.5, 0.6) is 0 Å². The number of rotatable bonds is 4. The van der Waals surface area contributed by atoms with Gasteiger partial charge in [-0.3, -0.25) is 4.79 Å². The second kappa shape index (κ2) is 7.77. The highest BCUT2D eigenvalue weighted by molar-refractivity contribution is 5.95. The van der Waals surface area contributed by atoms with Crippen molar-refractivity contribution in [3.63, 3.8) is 0 Å². The molecule has 0 spiro atoms. The summed E-state index contributed by atoms with van der Waals surface area (Å²) in [6, 6.07) is 6.12. The van der Waals surface area contributed by atoms with Gasteiger partial charge in [0, 0.05) is 11.6 Å². The molecular formula is C18H27N3O3. The predicted molar refractivity (Wildman–Crippen MR) is 92.6 cm³/mol. The van der Waals surface area contributed by atoms with Crippen molar-refractivity contribution >= 4 is 11.9 Å². The van der Waals surface area contributed by atoms with Gasteiger partial charge < -0.3 is 21.1 Å².